The molecule has 2 aliphatic rings. The van der Waals surface area contributed by atoms with Crippen molar-refractivity contribution in [1.82, 2.24) is 29.6 Å². The van der Waals surface area contributed by atoms with Crippen LogP contribution in [0.4, 0.5) is 5.69 Å². The predicted molar refractivity (Wildman–Crippen MR) is 104 cm³/mol. The summed E-state index contributed by atoms with van der Waals surface area (Å²) in [5.41, 5.74) is 3.17. The Morgan fingerprint density at radius 1 is 1.12 bits per heavy atom. The van der Waals surface area contributed by atoms with E-state index in [0.717, 1.165) is 36.8 Å². The predicted octanol–water partition coefficient (Wildman–Crippen LogP) is 1.54. The summed E-state index contributed by atoms with van der Waals surface area (Å²) >= 11 is 0. The van der Waals surface area contributed by atoms with E-state index >= 15 is 0 Å². The van der Waals surface area contributed by atoms with Crippen LogP contribution in [0.2, 0.25) is 0 Å². The van der Waals surface area contributed by atoms with Crippen LogP contribution in [0.25, 0.3) is 5.65 Å². The normalized spacial score (nSPS) is 22.2. The minimum absolute atomic E-state index is 0.683. The van der Waals surface area contributed by atoms with E-state index in [4.69, 9.17) is 0 Å². The fraction of sp³-hybridized carbons (Fsp3) is 0.737. The minimum atomic E-state index is 0.683. The van der Waals surface area contributed by atoms with Gasteiger partial charge < -0.3 is 9.80 Å². The molecule has 2 aromatic heterocycles. The second-order valence-electron chi connectivity index (χ2n) is 7.88. The lowest BCUT2D eigenvalue weighted by molar-refractivity contribution is 0.0814. The van der Waals surface area contributed by atoms with Crippen LogP contribution in [-0.4, -0.2) is 82.0 Å². The number of nitrogens with zero attached hydrogens (tertiary/aromatic N) is 7. The molecule has 2 aliphatic heterocycles. The van der Waals surface area contributed by atoms with Gasteiger partial charge in [0.25, 0.3) is 0 Å². The number of piperidine rings is 1. The van der Waals surface area contributed by atoms with E-state index in [1.54, 1.807) is 6.33 Å². The number of aryl methyl sites for hydroxylation is 1. The van der Waals surface area contributed by atoms with Crippen molar-refractivity contribution >= 4 is 11.3 Å². The number of hydrogen-bond acceptors (Lipinski definition) is 6. The molecule has 2 aromatic rings. The molecule has 7 nitrogen and oxygen atoms in total. The third kappa shape index (κ3) is 3.42. The van der Waals surface area contributed by atoms with E-state index in [2.05, 4.69) is 57.0 Å². The molecule has 4 heterocycles. The van der Waals surface area contributed by atoms with Crippen molar-refractivity contribution in [2.45, 2.75) is 39.2 Å². The Kier molecular flexibility index (Phi) is 5.09. The number of piperazine rings is 1. The highest BCUT2D eigenvalue weighted by Crippen LogP contribution is 2.29. The highest BCUT2D eigenvalue weighted by Gasteiger charge is 2.30. The third-order valence-corrected chi connectivity index (χ3v) is 6.34. The maximum atomic E-state index is 4.57. The van der Waals surface area contributed by atoms with Gasteiger partial charge in [-0.1, -0.05) is 6.92 Å². The van der Waals surface area contributed by atoms with Gasteiger partial charge in [-0.3, -0.25) is 4.90 Å². The van der Waals surface area contributed by atoms with Gasteiger partial charge in [0.05, 0.1) is 11.4 Å². The molecule has 1 atom stereocenters. The summed E-state index contributed by atoms with van der Waals surface area (Å²) in [5, 5.41) is 12.9. The van der Waals surface area contributed by atoms with Gasteiger partial charge in [0, 0.05) is 45.3 Å². The summed E-state index contributed by atoms with van der Waals surface area (Å²) < 4.78 is 1.83. The Morgan fingerprint density at radius 2 is 1.85 bits per heavy atom. The molecule has 0 N–H and O–H groups in total. The van der Waals surface area contributed by atoms with E-state index in [9.17, 15) is 0 Å². The summed E-state index contributed by atoms with van der Waals surface area (Å²) in [5.74, 6) is 0.788. The average Bonchev–Trinajstić information content (AvgIpc) is 3.16. The standard InChI is InChI=1S/C19H31N7/c1-4-17-13-18(19-21-20-14-26(19)22-17)25-7-5-16(6-8-25)15(2)24-11-9-23(3)10-12-24/h13-16H,4-12H2,1-3H3. The lowest BCUT2D eigenvalue weighted by Gasteiger charge is -2.43. The van der Waals surface area contributed by atoms with Crippen molar-refractivity contribution in [3.05, 3.63) is 18.1 Å². The Hall–Kier alpha value is -1.73. The molecule has 0 bridgehead atoms. The van der Waals surface area contributed by atoms with Crippen LogP contribution in [0.3, 0.4) is 0 Å². The van der Waals surface area contributed by atoms with Crippen molar-refractivity contribution in [3.8, 4) is 0 Å². The highest BCUT2D eigenvalue weighted by molar-refractivity contribution is 5.68. The molecular weight excluding hydrogens is 326 g/mol. The van der Waals surface area contributed by atoms with Crippen LogP contribution in [0.5, 0.6) is 0 Å². The third-order valence-electron chi connectivity index (χ3n) is 6.34. The average molecular weight is 358 g/mol. The van der Waals surface area contributed by atoms with Gasteiger partial charge in [-0.2, -0.15) is 9.61 Å². The van der Waals surface area contributed by atoms with E-state index in [1.165, 1.54) is 44.7 Å². The van der Waals surface area contributed by atoms with Crippen LogP contribution in [0.15, 0.2) is 12.4 Å². The lowest BCUT2D eigenvalue weighted by atomic mass is 9.89. The lowest BCUT2D eigenvalue weighted by Crippen LogP contribution is -2.51. The van der Waals surface area contributed by atoms with Crippen LogP contribution in [-0.2, 0) is 6.42 Å². The fourth-order valence-electron chi connectivity index (χ4n) is 4.42. The van der Waals surface area contributed by atoms with E-state index < -0.39 is 0 Å². The van der Waals surface area contributed by atoms with Gasteiger partial charge in [-0.25, -0.2) is 0 Å². The molecule has 0 radical (unpaired) electrons. The first kappa shape index (κ1) is 17.7. The Morgan fingerprint density at radius 3 is 2.54 bits per heavy atom. The molecule has 0 aromatic carbocycles. The SMILES string of the molecule is CCc1cc(N2CCC(C(C)N3CCN(C)CC3)CC2)c2nncn2n1. The van der Waals surface area contributed by atoms with Gasteiger partial charge in [-0.15, -0.1) is 10.2 Å². The zero-order valence-corrected chi connectivity index (χ0v) is 16.3. The Labute approximate surface area is 156 Å². The van der Waals surface area contributed by atoms with Crippen molar-refractivity contribution in [2.24, 2.45) is 5.92 Å². The monoisotopic (exact) mass is 357 g/mol. The van der Waals surface area contributed by atoms with E-state index in [-0.39, 0.29) is 0 Å². The van der Waals surface area contributed by atoms with E-state index in [0.29, 0.717) is 6.04 Å². The summed E-state index contributed by atoms with van der Waals surface area (Å²) in [4.78, 5) is 7.61. The molecule has 0 saturated carbocycles. The number of fused-ring (bicyclic) bond motifs is 1. The topological polar surface area (TPSA) is 52.8 Å². The number of rotatable bonds is 4. The van der Waals surface area contributed by atoms with Gasteiger partial charge in [0.2, 0.25) is 5.65 Å². The van der Waals surface area contributed by atoms with Gasteiger partial charge in [-0.05, 0) is 45.2 Å². The number of aromatic nitrogens is 4. The highest BCUT2D eigenvalue weighted by atomic mass is 15.4. The summed E-state index contributed by atoms with van der Waals surface area (Å²) in [6.45, 7) is 11.6. The Bertz CT molecular complexity index is 727. The van der Waals surface area contributed by atoms with Gasteiger partial charge in [0.15, 0.2) is 0 Å². The van der Waals surface area contributed by atoms with Crippen LogP contribution >= 0.6 is 0 Å². The van der Waals surface area contributed by atoms with Crippen LogP contribution in [0, 0.1) is 5.92 Å². The molecule has 2 saturated heterocycles. The number of hydrogen-bond donors (Lipinski definition) is 0. The molecule has 7 heteroatoms. The van der Waals surface area contributed by atoms with Crippen molar-refractivity contribution in [1.29, 1.82) is 0 Å². The maximum absolute atomic E-state index is 4.57. The molecule has 0 aliphatic carbocycles. The van der Waals surface area contributed by atoms with Crippen LogP contribution in [0.1, 0.15) is 32.4 Å². The molecule has 2 fully saturated rings. The largest absolute Gasteiger partial charge is 0.368 e. The van der Waals surface area contributed by atoms with Gasteiger partial charge in [0.1, 0.15) is 6.33 Å². The summed E-state index contributed by atoms with van der Waals surface area (Å²) in [7, 11) is 2.23. The number of anilines is 1. The summed E-state index contributed by atoms with van der Waals surface area (Å²) in [6.07, 6.45) is 5.13. The quantitative estimate of drug-likeness (QED) is 0.827. The molecule has 26 heavy (non-hydrogen) atoms. The molecule has 0 amide bonds. The van der Waals surface area contributed by atoms with Crippen molar-refractivity contribution in [3.63, 3.8) is 0 Å². The molecule has 142 valence electrons. The number of likely N-dealkylation sites (N-methyl/N-ethyl adjacent to an activating group) is 1. The smallest absolute Gasteiger partial charge is 0.200 e. The van der Waals surface area contributed by atoms with E-state index in [1.807, 2.05) is 4.52 Å². The first-order chi connectivity index (χ1) is 12.7. The second kappa shape index (κ2) is 7.48. The molecule has 1 unspecified atom stereocenters. The second-order valence-corrected chi connectivity index (χ2v) is 7.88. The molecule has 4 rings (SSSR count). The van der Waals surface area contributed by atoms with Crippen molar-refractivity contribution in [2.75, 3.05) is 51.2 Å². The zero-order chi connectivity index (χ0) is 18.1. The van der Waals surface area contributed by atoms with Crippen molar-refractivity contribution < 1.29 is 0 Å². The maximum Gasteiger partial charge on any atom is 0.200 e. The fourth-order valence-corrected chi connectivity index (χ4v) is 4.42. The molecular formula is C19H31N7. The Balaban J connectivity index is 1.43. The minimum Gasteiger partial charge on any atom is -0.368 e. The van der Waals surface area contributed by atoms with Crippen LogP contribution < -0.4 is 4.90 Å². The zero-order valence-electron chi connectivity index (χ0n) is 16.3. The van der Waals surface area contributed by atoms with Gasteiger partial charge >= 0.3 is 0 Å². The first-order valence-electron chi connectivity index (χ1n) is 10.0. The summed E-state index contributed by atoms with van der Waals surface area (Å²) in [6, 6.07) is 2.89. The molecule has 0 spiro atoms. The first-order valence-corrected chi connectivity index (χ1v) is 10.0.